The Kier molecular flexibility index (Phi) is 4.96. The lowest BCUT2D eigenvalue weighted by Crippen LogP contribution is -2.22. The number of esters is 1. The predicted molar refractivity (Wildman–Crippen MR) is 82.0 cm³/mol. The maximum absolute atomic E-state index is 12.2. The second kappa shape index (κ2) is 6.73. The van der Waals surface area contributed by atoms with Gasteiger partial charge in [-0.2, -0.15) is 0 Å². The summed E-state index contributed by atoms with van der Waals surface area (Å²) in [6.07, 6.45) is 6.31. The number of H-pyrrole nitrogens is 1. The standard InChI is InChI=1S/C17H21NO4/c1-10-15(12(3)19)11(2)18-16(10)14(20)9-22-17(21)13-7-5-4-6-8-13/h4-5,13,18H,6-9H2,1-3H3/t13-/m1/s1. The highest BCUT2D eigenvalue weighted by Gasteiger charge is 2.23. The highest BCUT2D eigenvalue weighted by Crippen LogP contribution is 2.21. The number of aryl methyl sites for hydroxylation is 1. The molecule has 0 fully saturated rings. The summed E-state index contributed by atoms with van der Waals surface area (Å²) < 4.78 is 5.14. The van der Waals surface area contributed by atoms with Crippen molar-refractivity contribution in [3.8, 4) is 0 Å². The Morgan fingerprint density at radius 2 is 2.00 bits per heavy atom. The van der Waals surface area contributed by atoms with Crippen molar-refractivity contribution in [3.05, 3.63) is 34.7 Å². The van der Waals surface area contributed by atoms with Gasteiger partial charge in [-0.3, -0.25) is 14.4 Å². The lowest BCUT2D eigenvalue weighted by atomic mass is 9.95. The van der Waals surface area contributed by atoms with Crippen molar-refractivity contribution >= 4 is 17.5 Å². The minimum atomic E-state index is -0.328. The molecular formula is C17H21NO4. The summed E-state index contributed by atoms with van der Waals surface area (Å²) >= 11 is 0. The summed E-state index contributed by atoms with van der Waals surface area (Å²) in [4.78, 5) is 38.6. The van der Waals surface area contributed by atoms with E-state index < -0.39 is 0 Å². The Morgan fingerprint density at radius 1 is 1.27 bits per heavy atom. The molecule has 0 aromatic carbocycles. The average Bonchev–Trinajstić information content (AvgIpc) is 2.80. The minimum absolute atomic E-state index is 0.0868. The van der Waals surface area contributed by atoms with Crippen molar-refractivity contribution in [2.75, 3.05) is 6.61 Å². The van der Waals surface area contributed by atoms with Crippen LogP contribution in [0.15, 0.2) is 12.2 Å². The van der Waals surface area contributed by atoms with E-state index >= 15 is 0 Å². The smallest absolute Gasteiger partial charge is 0.309 e. The van der Waals surface area contributed by atoms with Gasteiger partial charge in [-0.25, -0.2) is 0 Å². The van der Waals surface area contributed by atoms with Gasteiger partial charge in [0.2, 0.25) is 5.78 Å². The van der Waals surface area contributed by atoms with Crippen LogP contribution in [0.2, 0.25) is 0 Å². The maximum atomic E-state index is 12.2. The molecule has 0 spiro atoms. The average molecular weight is 303 g/mol. The molecule has 1 aliphatic rings. The molecule has 5 nitrogen and oxygen atoms in total. The van der Waals surface area contributed by atoms with E-state index in [2.05, 4.69) is 4.98 Å². The fraction of sp³-hybridized carbons (Fsp3) is 0.471. The Hall–Kier alpha value is -2.17. The second-order valence-corrected chi connectivity index (χ2v) is 5.69. The van der Waals surface area contributed by atoms with E-state index in [0.717, 1.165) is 12.8 Å². The molecule has 22 heavy (non-hydrogen) atoms. The molecule has 0 aliphatic heterocycles. The van der Waals surface area contributed by atoms with Crippen LogP contribution in [0.4, 0.5) is 0 Å². The van der Waals surface area contributed by atoms with E-state index in [1.165, 1.54) is 6.92 Å². The molecule has 1 heterocycles. The van der Waals surface area contributed by atoms with Crippen LogP contribution in [0.3, 0.4) is 0 Å². The van der Waals surface area contributed by atoms with Crippen molar-refractivity contribution in [3.63, 3.8) is 0 Å². The first-order valence-corrected chi connectivity index (χ1v) is 7.46. The number of ketones is 2. The zero-order valence-corrected chi connectivity index (χ0v) is 13.2. The van der Waals surface area contributed by atoms with Gasteiger partial charge in [-0.15, -0.1) is 0 Å². The van der Waals surface area contributed by atoms with Crippen LogP contribution in [0, 0.1) is 19.8 Å². The molecule has 1 atom stereocenters. The van der Waals surface area contributed by atoms with Gasteiger partial charge in [0.15, 0.2) is 12.4 Å². The lowest BCUT2D eigenvalue weighted by Gasteiger charge is -2.15. The van der Waals surface area contributed by atoms with Crippen molar-refractivity contribution in [2.45, 2.75) is 40.0 Å². The molecule has 118 valence electrons. The van der Waals surface area contributed by atoms with Crippen LogP contribution in [-0.2, 0) is 9.53 Å². The van der Waals surface area contributed by atoms with E-state index in [0.29, 0.717) is 28.9 Å². The van der Waals surface area contributed by atoms with Crippen LogP contribution >= 0.6 is 0 Å². The van der Waals surface area contributed by atoms with Crippen LogP contribution in [-0.4, -0.2) is 29.1 Å². The van der Waals surface area contributed by atoms with Crippen LogP contribution in [0.5, 0.6) is 0 Å². The largest absolute Gasteiger partial charge is 0.457 e. The highest BCUT2D eigenvalue weighted by molar-refractivity contribution is 6.04. The van der Waals surface area contributed by atoms with Crippen molar-refractivity contribution in [2.24, 2.45) is 5.92 Å². The Balaban J connectivity index is 2.01. The van der Waals surface area contributed by atoms with Gasteiger partial charge in [0.05, 0.1) is 11.6 Å². The third kappa shape index (κ3) is 3.35. The van der Waals surface area contributed by atoms with Gasteiger partial charge in [-0.1, -0.05) is 12.2 Å². The van der Waals surface area contributed by atoms with E-state index in [9.17, 15) is 14.4 Å². The third-order valence-electron chi connectivity index (χ3n) is 4.02. The van der Waals surface area contributed by atoms with Crippen LogP contribution < -0.4 is 0 Å². The summed E-state index contributed by atoms with van der Waals surface area (Å²) in [7, 11) is 0. The number of hydrogen-bond acceptors (Lipinski definition) is 4. The first-order chi connectivity index (χ1) is 10.4. The molecule has 0 saturated heterocycles. The zero-order chi connectivity index (χ0) is 16.3. The third-order valence-corrected chi connectivity index (χ3v) is 4.02. The number of nitrogens with one attached hydrogen (secondary N) is 1. The second-order valence-electron chi connectivity index (χ2n) is 5.69. The number of allylic oxidation sites excluding steroid dienone is 2. The molecule has 0 radical (unpaired) electrons. The fourth-order valence-corrected chi connectivity index (χ4v) is 2.89. The Morgan fingerprint density at radius 3 is 2.55 bits per heavy atom. The normalized spacial score (nSPS) is 17.3. The molecule has 0 unspecified atom stereocenters. The molecular weight excluding hydrogens is 282 g/mol. The van der Waals surface area contributed by atoms with Gasteiger partial charge in [0.25, 0.3) is 0 Å². The van der Waals surface area contributed by atoms with Crippen LogP contribution in [0.25, 0.3) is 0 Å². The van der Waals surface area contributed by atoms with Crippen molar-refractivity contribution in [1.82, 2.24) is 4.98 Å². The topological polar surface area (TPSA) is 76.2 Å². The molecule has 0 bridgehead atoms. The summed E-state index contributed by atoms with van der Waals surface area (Å²) in [6.45, 7) is 4.65. The SMILES string of the molecule is CC(=O)c1c(C)[nH]c(C(=O)COC(=O)[C@@H]2CC=CCC2)c1C. The Labute approximate surface area is 129 Å². The van der Waals surface area contributed by atoms with Gasteiger partial charge in [-0.05, 0) is 45.6 Å². The summed E-state index contributed by atoms with van der Waals surface area (Å²) in [5.74, 6) is -0.883. The molecule has 0 saturated carbocycles. The number of rotatable bonds is 5. The van der Waals surface area contributed by atoms with Gasteiger partial charge < -0.3 is 9.72 Å². The molecule has 1 N–H and O–H groups in total. The van der Waals surface area contributed by atoms with E-state index in [-0.39, 0.29) is 30.1 Å². The summed E-state index contributed by atoms with van der Waals surface area (Å²) in [5, 5.41) is 0. The van der Waals surface area contributed by atoms with E-state index in [1.54, 1.807) is 13.8 Å². The predicted octanol–water partition coefficient (Wildman–Crippen LogP) is 2.92. The number of carbonyl (C=O) groups is 3. The maximum Gasteiger partial charge on any atom is 0.309 e. The summed E-state index contributed by atoms with van der Waals surface area (Å²) in [6, 6.07) is 0. The molecule has 1 aliphatic carbocycles. The zero-order valence-electron chi connectivity index (χ0n) is 13.2. The first-order valence-electron chi connectivity index (χ1n) is 7.46. The Bertz CT molecular complexity index is 639. The first kappa shape index (κ1) is 16.2. The number of hydrogen-bond donors (Lipinski definition) is 1. The van der Waals surface area contributed by atoms with Gasteiger partial charge in [0, 0.05) is 11.3 Å². The number of ether oxygens (including phenoxy) is 1. The fourth-order valence-electron chi connectivity index (χ4n) is 2.89. The van der Waals surface area contributed by atoms with Gasteiger partial charge in [0.1, 0.15) is 0 Å². The highest BCUT2D eigenvalue weighted by atomic mass is 16.5. The number of aromatic amines is 1. The number of aromatic nitrogens is 1. The van der Waals surface area contributed by atoms with Gasteiger partial charge >= 0.3 is 5.97 Å². The quantitative estimate of drug-likeness (QED) is 0.515. The molecule has 5 heteroatoms. The molecule has 1 aromatic heterocycles. The number of Topliss-reactive ketones (excluding diaryl/α,β-unsaturated/α-hetero) is 2. The minimum Gasteiger partial charge on any atom is -0.457 e. The number of carbonyl (C=O) groups excluding carboxylic acids is 3. The lowest BCUT2D eigenvalue weighted by molar-refractivity contribution is -0.147. The van der Waals surface area contributed by atoms with Crippen LogP contribution in [0.1, 0.15) is 58.3 Å². The van der Waals surface area contributed by atoms with E-state index in [4.69, 9.17) is 4.74 Å². The van der Waals surface area contributed by atoms with E-state index in [1.807, 2.05) is 12.2 Å². The van der Waals surface area contributed by atoms with Crippen molar-refractivity contribution in [1.29, 1.82) is 0 Å². The monoisotopic (exact) mass is 303 g/mol. The molecule has 2 rings (SSSR count). The van der Waals surface area contributed by atoms with Crippen molar-refractivity contribution < 1.29 is 19.1 Å². The molecule has 0 amide bonds. The molecule has 1 aromatic rings. The summed E-state index contributed by atoms with van der Waals surface area (Å²) in [5.41, 5.74) is 2.16.